The van der Waals surface area contributed by atoms with Gasteiger partial charge in [0.2, 0.25) is 0 Å². The maximum atomic E-state index is 14.0. The molecule has 5 atom stereocenters. The van der Waals surface area contributed by atoms with Crippen LogP contribution in [-0.4, -0.2) is 54.9 Å². The number of thiazole rings is 1. The van der Waals surface area contributed by atoms with Crippen LogP contribution in [0.15, 0.2) is 45.5 Å². The fourth-order valence-electron chi connectivity index (χ4n) is 4.00. The maximum absolute atomic E-state index is 14.0. The summed E-state index contributed by atoms with van der Waals surface area (Å²) in [7, 11) is 1.42. The molecule has 2 fully saturated rings. The number of nitrogens with two attached hydrogens (primary N) is 2. The third-order valence-corrected chi connectivity index (χ3v) is 7.55. The number of fused-ring (bicyclic) bond motifs is 1. The predicted octanol–water partition coefficient (Wildman–Crippen LogP) is 4.36. The number of nitrogens with one attached hydrogen (secondary N) is 1. The Morgan fingerprint density at radius 3 is 2.73 bits per heavy atom. The molecule has 37 heavy (non-hydrogen) atoms. The molecule has 5 unspecified atom stereocenters. The topological polar surface area (TPSA) is 117 Å². The first-order chi connectivity index (χ1) is 17.5. The minimum absolute atomic E-state index is 0.0409. The molecular formula is C22H21BrClF4N5O3S. The predicted molar refractivity (Wildman–Crippen MR) is 135 cm³/mol. The van der Waals surface area contributed by atoms with Crippen LogP contribution in [0.2, 0.25) is 5.15 Å². The lowest BCUT2D eigenvalue weighted by atomic mass is 9.87. The largest absolute Gasteiger partial charge is 0.418 e. The van der Waals surface area contributed by atoms with Gasteiger partial charge in [-0.1, -0.05) is 11.6 Å². The smallest absolute Gasteiger partial charge is 0.405 e. The van der Waals surface area contributed by atoms with E-state index in [4.69, 9.17) is 37.3 Å². The third-order valence-electron chi connectivity index (χ3n) is 5.73. The Bertz CT molecular complexity index is 1240. The monoisotopic (exact) mass is 625 g/mol. The summed E-state index contributed by atoms with van der Waals surface area (Å²) in [6.45, 7) is 0.257. The summed E-state index contributed by atoms with van der Waals surface area (Å²) in [6, 6.07) is 0.788. The van der Waals surface area contributed by atoms with Crippen molar-refractivity contribution in [1.82, 2.24) is 10.3 Å². The van der Waals surface area contributed by atoms with E-state index in [0.29, 0.717) is 21.9 Å². The molecule has 2 aliphatic heterocycles. The molecular weight excluding hydrogens is 606 g/mol. The normalized spacial score (nSPS) is 26.7. The number of aromatic nitrogens is 1. The van der Waals surface area contributed by atoms with E-state index in [2.05, 4.69) is 31.2 Å². The Hall–Kier alpha value is -2.23. The number of hydrogen-bond donors (Lipinski definition) is 3. The van der Waals surface area contributed by atoms with Crippen molar-refractivity contribution in [2.24, 2.45) is 16.5 Å². The van der Waals surface area contributed by atoms with Gasteiger partial charge in [0.15, 0.2) is 0 Å². The fraction of sp³-hybridized carbons (Fsp3) is 0.364. The summed E-state index contributed by atoms with van der Waals surface area (Å²) in [5.74, 6) is -1.07. The van der Waals surface area contributed by atoms with Gasteiger partial charge in [0.1, 0.15) is 40.4 Å². The SMILES string of the molecule is COC1C(C(C=CN)=Nc2cc(Br)c(F)cc2C(F)(F)F)OC2COC2C1N/C=C(\N)c1nc(Cl)cs1. The van der Waals surface area contributed by atoms with Crippen molar-refractivity contribution in [3.05, 3.63) is 62.0 Å². The number of benzene rings is 1. The molecule has 0 spiro atoms. The number of methoxy groups -OCH3 is 1. The van der Waals surface area contributed by atoms with Gasteiger partial charge in [-0.25, -0.2) is 14.4 Å². The van der Waals surface area contributed by atoms with E-state index in [-0.39, 0.29) is 16.8 Å². The molecule has 2 aliphatic rings. The zero-order valence-electron chi connectivity index (χ0n) is 19.0. The van der Waals surface area contributed by atoms with Crippen molar-refractivity contribution in [2.75, 3.05) is 13.7 Å². The average Bonchev–Trinajstić information content (AvgIpc) is 3.25. The van der Waals surface area contributed by atoms with Gasteiger partial charge >= 0.3 is 6.18 Å². The molecule has 0 radical (unpaired) electrons. The number of rotatable bonds is 7. The van der Waals surface area contributed by atoms with Gasteiger partial charge in [-0.05, 0) is 40.3 Å². The van der Waals surface area contributed by atoms with Gasteiger partial charge in [0.05, 0.1) is 39.8 Å². The fourth-order valence-corrected chi connectivity index (χ4v) is 5.21. The highest BCUT2D eigenvalue weighted by Gasteiger charge is 2.52. The first kappa shape index (κ1) is 27.8. The Morgan fingerprint density at radius 2 is 2.16 bits per heavy atom. The van der Waals surface area contributed by atoms with Crippen LogP contribution in [0.4, 0.5) is 23.2 Å². The van der Waals surface area contributed by atoms with Crippen LogP contribution in [0.25, 0.3) is 5.70 Å². The van der Waals surface area contributed by atoms with Crippen molar-refractivity contribution in [3.63, 3.8) is 0 Å². The second-order valence-corrected chi connectivity index (χ2v) is 10.1. The highest BCUT2D eigenvalue weighted by molar-refractivity contribution is 9.10. The molecule has 0 bridgehead atoms. The van der Waals surface area contributed by atoms with E-state index in [9.17, 15) is 17.6 Å². The van der Waals surface area contributed by atoms with Gasteiger partial charge in [0, 0.05) is 18.7 Å². The molecule has 2 aromatic rings. The van der Waals surface area contributed by atoms with Gasteiger partial charge in [0.25, 0.3) is 0 Å². The van der Waals surface area contributed by atoms with Crippen molar-refractivity contribution < 1.29 is 31.8 Å². The maximum Gasteiger partial charge on any atom is 0.418 e. The van der Waals surface area contributed by atoms with Crippen LogP contribution >= 0.6 is 38.9 Å². The van der Waals surface area contributed by atoms with Crippen LogP contribution in [-0.2, 0) is 20.4 Å². The van der Waals surface area contributed by atoms with Gasteiger partial charge in [-0.15, -0.1) is 11.3 Å². The molecule has 3 heterocycles. The minimum Gasteiger partial charge on any atom is -0.405 e. The lowest BCUT2D eigenvalue weighted by Gasteiger charge is -2.51. The number of alkyl halides is 3. The number of hydrogen-bond acceptors (Lipinski definition) is 9. The van der Waals surface area contributed by atoms with Crippen molar-refractivity contribution in [3.8, 4) is 0 Å². The van der Waals surface area contributed by atoms with Crippen molar-refractivity contribution in [2.45, 2.75) is 36.6 Å². The van der Waals surface area contributed by atoms with Crippen LogP contribution in [0.1, 0.15) is 10.6 Å². The summed E-state index contributed by atoms with van der Waals surface area (Å²) in [5.41, 5.74) is 10.3. The third kappa shape index (κ3) is 5.94. The second kappa shape index (κ2) is 11.3. The highest BCUT2D eigenvalue weighted by atomic mass is 79.9. The van der Waals surface area contributed by atoms with E-state index >= 15 is 0 Å². The van der Waals surface area contributed by atoms with Crippen molar-refractivity contribution in [1.29, 1.82) is 0 Å². The zero-order valence-corrected chi connectivity index (χ0v) is 22.2. The summed E-state index contributed by atoms with van der Waals surface area (Å²) in [5, 5.41) is 5.60. The van der Waals surface area contributed by atoms with Crippen LogP contribution < -0.4 is 16.8 Å². The highest BCUT2D eigenvalue weighted by Crippen LogP contribution is 2.40. The molecule has 0 saturated carbocycles. The summed E-state index contributed by atoms with van der Waals surface area (Å²) >= 11 is 10.1. The number of nitrogens with zero attached hydrogens (tertiary/aromatic N) is 2. The summed E-state index contributed by atoms with van der Waals surface area (Å²) < 4.78 is 72.3. The molecule has 15 heteroatoms. The molecule has 5 N–H and O–H groups in total. The van der Waals surface area contributed by atoms with Crippen molar-refractivity contribution >= 4 is 56.0 Å². The zero-order chi connectivity index (χ0) is 26.9. The first-order valence-electron chi connectivity index (χ1n) is 10.7. The molecule has 2 saturated heterocycles. The molecule has 200 valence electrons. The number of halogens is 6. The van der Waals surface area contributed by atoms with Gasteiger partial charge in [-0.3, -0.25) is 0 Å². The first-order valence-corrected chi connectivity index (χ1v) is 12.7. The molecule has 0 aliphatic carbocycles. The molecule has 1 aromatic carbocycles. The molecule has 4 rings (SSSR count). The summed E-state index contributed by atoms with van der Waals surface area (Å²) in [6.07, 6.45) is -3.48. The standard InChI is InChI=1S/C22H21BrClF4N5O3S/c1-34-20-17(31-6-12(30)21-33-16(24)8-37-21)19-15(7-35-19)36-18(20)13(2-3-29)32-14-5-10(23)11(25)4-9(14)22(26,27)28/h2-6,8,15,17-20,31H,7,29-30H2,1H3/b3-2?,12-6-,32-13?. The minimum atomic E-state index is -4.86. The van der Waals surface area contributed by atoms with E-state index in [1.807, 2.05) is 0 Å². The summed E-state index contributed by atoms with van der Waals surface area (Å²) in [4.78, 5) is 8.31. The Kier molecular flexibility index (Phi) is 8.45. The lowest BCUT2D eigenvalue weighted by Crippen LogP contribution is -2.70. The average molecular weight is 627 g/mol. The van der Waals surface area contributed by atoms with Gasteiger partial charge in [-0.2, -0.15) is 13.2 Å². The Morgan fingerprint density at radius 1 is 1.41 bits per heavy atom. The van der Waals surface area contributed by atoms with Crippen LogP contribution in [0, 0.1) is 5.82 Å². The Labute approximate surface area is 226 Å². The van der Waals surface area contributed by atoms with Crippen LogP contribution in [0.5, 0.6) is 0 Å². The van der Waals surface area contributed by atoms with E-state index in [1.54, 1.807) is 5.38 Å². The molecule has 8 nitrogen and oxygen atoms in total. The van der Waals surface area contributed by atoms with E-state index in [1.165, 1.54) is 30.7 Å². The van der Waals surface area contributed by atoms with E-state index < -0.39 is 53.7 Å². The number of aliphatic imine (C=N–C) groups is 1. The van der Waals surface area contributed by atoms with Crippen LogP contribution in [0.3, 0.4) is 0 Å². The quantitative estimate of drug-likeness (QED) is 0.309. The van der Waals surface area contributed by atoms with E-state index in [0.717, 1.165) is 12.3 Å². The molecule has 0 amide bonds. The lowest BCUT2D eigenvalue weighted by molar-refractivity contribution is -0.262. The number of ether oxygens (including phenoxy) is 3. The Balaban J connectivity index is 1.71. The molecule has 1 aromatic heterocycles. The second-order valence-electron chi connectivity index (χ2n) is 8.04. The van der Waals surface area contributed by atoms with Gasteiger partial charge < -0.3 is 31.0 Å².